The van der Waals surface area contributed by atoms with E-state index in [9.17, 15) is 20.2 Å². The summed E-state index contributed by atoms with van der Waals surface area (Å²) in [6.45, 7) is 3.67. The summed E-state index contributed by atoms with van der Waals surface area (Å²) in [5.41, 5.74) is 17.7. The lowest BCUT2D eigenvalue weighted by molar-refractivity contribution is -0.385. The number of aryl methyl sites for hydroxylation is 1. The first-order valence-electron chi connectivity index (χ1n) is 19.1. The van der Waals surface area contributed by atoms with E-state index < -0.39 is 9.85 Å². The molecule has 0 aromatic heterocycles. The number of benzene rings is 6. The van der Waals surface area contributed by atoms with Gasteiger partial charge in [0.15, 0.2) is 23.0 Å². The minimum Gasteiger partial charge on any atom is -0.454 e. The van der Waals surface area contributed by atoms with Crippen molar-refractivity contribution in [2.24, 2.45) is 9.98 Å². The first-order valence-corrected chi connectivity index (χ1v) is 19.1. The highest BCUT2D eigenvalue weighted by Gasteiger charge is 2.17. The predicted octanol–water partition coefficient (Wildman–Crippen LogP) is 10.0. The van der Waals surface area contributed by atoms with Crippen molar-refractivity contribution in [2.75, 3.05) is 24.6 Å². The number of non-ortho nitro benzene ring substituents is 2. The van der Waals surface area contributed by atoms with Crippen LogP contribution in [0.4, 0.5) is 28.4 Å². The molecule has 4 heterocycles. The number of nitrogens with one attached hydrogen (secondary N) is 1. The molecule has 4 aliphatic heterocycles. The first-order chi connectivity index (χ1) is 29.6. The third kappa shape index (κ3) is 9.56. The number of nitrogen functional groups attached to an aromatic ring is 1. The Bertz CT molecular complexity index is 2800. The Hall–Kier alpha value is -8.26. The maximum atomic E-state index is 11.0. The third-order valence-electron chi connectivity index (χ3n) is 9.84. The second-order valence-corrected chi connectivity index (χ2v) is 14.1. The van der Waals surface area contributed by atoms with Crippen molar-refractivity contribution in [1.82, 2.24) is 0 Å². The van der Waals surface area contributed by atoms with Crippen LogP contribution in [0, 0.1) is 27.2 Å². The molecule has 6 aromatic rings. The molecule has 0 fully saturated rings. The Morgan fingerprint density at radius 1 is 0.574 bits per heavy atom. The molecule has 0 saturated heterocycles. The number of hydrogen-bond donors (Lipinski definition) is 2. The molecule has 4 aliphatic rings. The number of fused-ring (bicyclic) bond motifs is 4. The van der Waals surface area contributed by atoms with Gasteiger partial charge in [-0.1, -0.05) is 54.6 Å². The average molecular weight is 815 g/mol. The predicted molar refractivity (Wildman–Crippen MR) is 235 cm³/mol. The zero-order valence-electron chi connectivity index (χ0n) is 32.8. The second kappa shape index (κ2) is 17.7. The number of rotatable bonds is 8. The van der Waals surface area contributed by atoms with Crippen molar-refractivity contribution in [3.05, 3.63) is 193 Å². The highest BCUT2D eigenvalue weighted by atomic mass is 16.7. The Balaban J connectivity index is 0.000000143. The van der Waals surface area contributed by atoms with Gasteiger partial charge in [0.2, 0.25) is 13.6 Å². The molecule has 304 valence electrons. The molecule has 3 N–H and O–H groups in total. The van der Waals surface area contributed by atoms with Gasteiger partial charge in [0.1, 0.15) is 0 Å². The third-order valence-corrected chi connectivity index (χ3v) is 9.84. The number of allylic oxidation sites excluding steroid dienone is 2. The van der Waals surface area contributed by atoms with E-state index in [0.717, 1.165) is 79.2 Å². The second-order valence-electron chi connectivity index (χ2n) is 14.1. The molecular weight excluding hydrogens is 777 g/mol. The Morgan fingerprint density at radius 2 is 1.10 bits per heavy atom. The molecule has 0 radical (unpaired) electrons. The van der Waals surface area contributed by atoms with Crippen LogP contribution in [-0.2, 0) is 13.1 Å². The monoisotopic (exact) mass is 814 g/mol. The number of hydrogen-bond acceptors (Lipinski definition) is 12. The zero-order valence-corrected chi connectivity index (χ0v) is 32.8. The number of ether oxygens (including phenoxy) is 4. The van der Waals surface area contributed by atoms with Gasteiger partial charge in [-0.15, -0.1) is 0 Å². The molecular formula is C47H38N6O8. The summed E-state index contributed by atoms with van der Waals surface area (Å²) in [5.74, 6) is 3.10. The Labute approximate surface area is 350 Å². The van der Waals surface area contributed by atoms with Gasteiger partial charge in [0, 0.05) is 52.5 Å². The summed E-state index contributed by atoms with van der Waals surface area (Å²) in [4.78, 5) is 29.5. The van der Waals surface area contributed by atoms with Crippen LogP contribution in [0.2, 0.25) is 0 Å². The lowest BCUT2D eigenvalue weighted by Crippen LogP contribution is -1.97. The number of nitrogens with zero attached hydrogens (tertiary/aromatic N) is 4. The van der Waals surface area contributed by atoms with Crippen molar-refractivity contribution >= 4 is 52.0 Å². The van der Waals surface area contributed by atoms with Crippen LogP contribution < -0.4 is 30.0 Å². The normalized spacial score (nSPS) is 13.7. The fourth-order valence-electron chi connectivity index (χ4n) is 6.83. The van der Waals surface area contributed by atoms with E-state index in [1.807, 2.05) is 110 Å². The number of aliphatic imine (C=N–C) groups is 2. The van der Waals surface area contributed by atoms with E-state index >= 15 is 0 Å². The van der Waals surface area contributed by atoms with Crippen LogP contribution >= 0.6 is 0 Å². The van der Waals surface area contributed by atoms with Gasteiger partial charge in [-0.2, -0.15) is 0 Å². The largest absolute Gasteiger partial charge is 0.454 e. The van der Waals surface area contributed by atoms with E-state index in [1.165, 1.54) is 23.8 Å². The molecule has 0 atom stereocenters. The van der Waals surface area contributed by atoms with E-state index in [2.05, 4.69) is 15.3 Å². The van der Waals surface area contributed by atoms with Gasteiger partial charge in [-0.25, -0.2) is 0 Å². The van der Waals surface area contributed by atoms with Crippen molar-refractivity contribution in [3.8, 4) is 23.0 Å². The fraction of sp³-hybridized carbons (Fsp3) is 0.106. The number of nitro groups is 2. The smallest absolute Gasteiger partial charge is 0.271 e. The summed E-state index contributed by atoms with van der Waals surface area (Å²) in [6.07, 6.45) is 8.06. The average Bonchev–Trinajstić information content (AvgIpc) is 4.09. The summed E-state index contributed by atoms with van der Waals surface area (Å²) in [6, 6.07) is 36.6. The van der Waals surface area contributed by atoms with E-state index in [0.29, 0.717) is 25.6 Å². The SMILES string of the molecule is Cc1cccc([N+](=O)[O-])c1.Nc1ccc2c(c1)CN=C2/C=C/c1ccc2c(c1)OCO2.O=[N+]([O-])c1cccc(Nc2ccc3c(c2)CN=C3/C=C/c2ccc3c(c2)OCO3)c1. The number of nitro benzene ring substituents is 2. The summed E-state index contributed by atoms with van der Waals surface area (Å²) in [7, 11) is 0. The van der Waals surface area contributed by atoms with Crippen LogP contribution in [0.5, 0.6) is 23.0 Å². The molecule has 0 spiro atoms. The molecule has 6 aromatic carbocycles. The van der Waals surface area contributed by atoms with Gasteiger partial charge in [0.05, 0.1) is 34.4 Å². The molecule has 0 saturated carbocycles. The van der Waals surface area contributed by atoms with Crippen molar-refractivity contribution in [1.29, 1.82) is 0 Å². The van der Waals surface area contributed by atoms with Crippen LogP contribution in [0.25, 0.3) is 12.2 Å². The highest BCUT2D eigenvalue weighted by Crippen LogP contribution is 2.34. The topological polar surface area (TPSA) is 186 Å². The fourth-order valence-corrected chi connectivity index (χ4v) is 6.83. The standard InChI is InChI=1S/C23H17N3O4.C17H14N2O2.C7H7NO2/c27-26(28)19-3-1-2-17(12-19)25-18-6-7-20-16(11-18)13-24-21(20)8-4-15-5-9-22-23(10-15)30-14-29-22;18-13-3-4-14-12(8-13)9-19-15(14)5-1-11-2-6-16-17(7-11)21-10-20-16;1-6-3-2-4-7(5-6)8(9)10/h1-12,25H,13-14H2;1-8H,9-10,18H2;2-5H,1H3/b8-4+;5-1+;. The van der Waals surface area contributed by atoms with Crippen LogP contribution in [0.1, 0.15) is 38.9 Å². The molecule has 14 heteroatoms. The van der Waals surface area contributed by atoms with Crippen LogP contribution in [0.15, 0.2) is 143 Å². The number of anilines is 3. The quantitative estimate of drug-likeness (QED) is 0.0851. The van der Waals surface area contributed by atoms with Gasteiger partial charge >= 0.3 is 0 Å². The van der Waals surface area contributed by atoms with E-state index in [-0.39, 0.29) is 18.2 Å². The molecule has 10 rings (SSSR count). The maximum absolute atomic E-state index is 11.0. The van der Waals surface area contributed by atoms with Gasteiger partial charge in [-0.3, -0.25) is 30.2 Å². The lowest BCUT2D eigenvalue weighted by atomic mass is 10.0. The van der Waals surface area contributed by atoms with Crippen LogP contribution in [-0.4, -0.2) is 34.9 Å². The Morgan fingerprint density at radius 3 is 1.67 bits per heavy atom. The first kappa shape index (κ1) is 39.6. The number of nitrogens with two attached hydrogens (primary N) is 1. The van der Waals surface area contributed by atoms with E-state index in [1.54, 1.807) is 24.3 Å². The minimum absolute atomic E-state index is 0.0560. The molecule has 0 aliphatic carbocycles. The van der Waals surface area contributed by atoms with Crippen molar-refractivity contribution < 1.29 is 28.8 Å². The van der Waals surface area contributed by atoms with Crippen molar-refractivity contribution in [3.63, 3.8) is 0 Å². The van der Waals surface area contributed by atoms with Crippen LogP contribution in [0.3, 0.4) is 0 Å². The van der Waals surface area contributed by atoms with Gasteiger partial charge in [-0.05, 0) is 101 Å². The Kier molecular flexibility index (Phi) is 11.5. The highest BCUT2D eigenvalue weighted by molar-refractivity contribution is 6.14. The minimum atomic E-state index is -0.402. The molecule has 61 heavy (non-hydrogen) atoms. The lowest BCUT2D eigenvalue weighted by Gasteiger charge is -2.08. The molecule has 0 bridgehead atoms. The van der Waals surface area contributed by atoms with Crippen molar-refractivity contribution in [2.45, 2.75) is 20.0 Å². The molecule has 0 amide bonds. The zero-order chi connectivity index (χ0) is 42.3. The van der Waals surface area contributed by atoms with Gasteiger partial charge in [0.25, 0.3) is 11.4 Å². The molecule has 14 nitrogen and oxygen atoms in total. The van der Waals surface area contributed by atoms with E-state index in [4.69, 9.17) is 24.7 Å². The maximum Gasteiger partial charge on any atom is 0.271 e. The summed E-state index contributed by atoms with van der Waals surface area (Å²) < 4.78 is 21.4. The van der Waals surface area contributed by atoms with Gasteiger partial charge < -0.3 is 30.0 Å². The molecule has 0 unspecified atom stereocenters. The summed E-state index contributed by atoms with van der Waals surface area (Å²) >= 11 is 0. The summed E-state index contributed by atoms with van der Waals surface area (Å²) in [5, 5.41) is 24.3.